The van der Waals surface area contributed by atoms with Gasteiger partial charge in [-0.1, -0.05) is 0 Å². The third-order valence-electron chi connectivity index (χ3n) is 2.44. The Bertz CT molecular complexity index is 552. The van der Waals surface area contributed by atoms with E-state index in [2.05, 4.69) is 15.1 Å². The molecular weight excluding hydrogens is 270 g/mol. The highest BCUT2D eigenvalue weighted by Crippen LogP contribution is 2.16. The number of nitrogen functional groups attached to an aromatic ring is 1. The summed E-state index contributed by atoms with van der Waals surface area (Å²) in [6, 6.07) is -0.880. The number of hydrogen-bond donors (Lipinski definition) is 3. The van der Waals surface area contributed by atoms with Crippen molar-refractivity contribution in [2.75, 3.05) is 12.3 Å². The summed E-state index contributed by atoms with van der Waals surface area (Å²) in [6.45, 7) is 5.96. The number of nitrogens with zero attached hydrogens (tertiary/aromatic N) is 2. The number of nitrogens with two attached hydrogens (primary N) is 1. The average molecular weight is 289 g/mol. The van der Waals surface area contributed by atoms with Crippen molar-refractivity contribution < 1.29 is 13.2 Å². The quantitative estimate of drug-likeness (QED) is 0.639. The molecule has 0 aliphatic carbocycles. The molecule has 0 fully saturated rings. The van der Waals surface area contributed by atoms with Gasteiger partial charge in [0.05, 0.1) is 6.04 Å². The summed E-state index contributed by atoms with van der Waals surface area (Å²) in [6.07, 6.45) is 1.34. The standard InChI is InChI=1S/C10H19N5O3S/c1-4-12-10(16)7(3)14-19(17,18)8-6-15(5-2)13-9(8)11/h6-7,14H,4-5H2,1-3H3,(H2,11,13)(H,12,16). The molecule has 4 N–H and O–H groups in total. The zero-order chi connectivity index (χ0) is 14.6. The normalized spacial score (nSPS) is 13.2. The molecule has 0 aliphatic rings. The van der Waals surface area contributed by atoms with Crippen molar-refractivity contribution >= 4 is 21.7 Å². The highest BCUT2D eigenvalue weighted by Gasteiger charge is 2.25. The molecular formula is C10H19N5O3S. The first-order chi connectivity index (χ1) is 8.81. The molecule has 0 aromatic carbocycles. The zero-order valence-corrected chi connectivity index (χ0v) is 12.0. The van der Waals surface area contributed by atoms with E-state index in [1.54, 1.807) is 6.92 Å². The number of aryl methyl sites for hydroxylation is 1. The van der Waals surface area contributed by atoms with Gasteiger partial charge in [0, 0.05) is 19.3 Å². The summed E-state index contributed by atoms with van der Waals surface area (Å²) >= 11 is 0. The first kappa shape index (κ1) is 15.4. The maximum atomic E-state index is 12.1. The number of amides is 1. The summed E-state index contributed by atoms with van der Waals surface area (Å²) < 4.78 is 27.8. The van der Waals surface area contributed by atoms with Crippen molar-refractivity contribution in [3.63, 3.8) is 0 Å². The van der Waals surface area contributed by atoms with Gasteiger partial charge >= 0.3 is 0 Å². The number of anilines is 1. The summed E-state index contributed by atoms with van der Waals surface area (Å²) in [5.41, 5.74) is 5.56. The molecule has 19 heavy (non-hydrogen) atoms. The smallest absolute Gasteiger partial charge is 0.246 e. The maximum Gasteiger partial charge on any atom is 0.246 e. The van der Waals surface area contributed by atoms with Crippen LogP contribution in [0.3, 0.4) is 0 Å². The monoisotopic (exact) mass is 289 g/mol. The average Bonchev–Trinajstić information content (AvgIpc) is 2.71. The van der Waals surface area contributed by atoms with E-state index in [0.717, 1.165) is 0 Å². The third-order valence-corrected chi connectivity index (χ3v) is 4.00. The molecule has 8 nitrogen and oxygen atoms in total. The van der Waals surface area contributed by atoms with E-state index in [9.17, 15) is 13.2 Å². The summed E-state index contributed by atoms with van der Waals surface area (Å²) in [4.78, 5) is 11.4. The first-order valence-corrected chi connectivity index (χ1v) is 7.43. The number of carbonyl (C=O) groups excluding carboxylic acids is 1. The van der Waals surface area contributed by atoms with E-state index in [1.165, 1.54) is 17.8 Å². The summed E-state index contributed by atoms with van der Waals surface area (Å²) in [7, 11) is -3.86. The minimum Gasteiger partial charge on any atom is -0.381 e. The molecule has 0 aliphatic heterocycles. The number of aromatic nitrogens is 2. The third kappa shape index (κ3) is 3.67. The molecule has 0 spiro atoms. The van der Waals surface area contributed by atoms with E-state index >= 15 is 0 Å². The van der Waals surface area contributed by atoms with Crippen molar-refractivity contribution in [2.45, 2.75) is 38.3 Å². The molecule has 9 heteroatoms. The molecule has 1 atom stereocenters. The van der Waals surface area contributed by atoms with Crippen molar-refractivity contribution in [3.8, 4) is 0 Å². The van der Waals surface area contributed by atoms with Gasteiger partial charge in [0.2, 0.25) is 15.9 Å². The Morgan fingerprint density at radius 3 is 2.63 bits per heavy atom. The van der Waals surface area contributed by atoms with Crippen LogP contribution in [-0.4, -0.2) is 36.7 Å². The predicted octanol–water partition coefficient (Wildman–Crippen LogP) is -0.712. The van der Waals surface area contributed by atoms with Crippen LogP contribution in [0.25, 0.3) is 0 Å². The van der Waals surface area contributed by atoms with Gasteiger partial charge < -0.3 is 11.1 Å². The van der Waals surface area contributed by atoms with Crippen molar-refractivity contribution in [3.05, 3.63) is 6.20 Å². The van der Waals surface area contributed by atoms with Crippen LogP contribution in [0.4, 0.5) is 5.82 Å². The van der Waals surface area contributed by atoms with E-state index in [0.29, 0.717) is 13.1 Å². The second-order valence-corrected chi connectivity index (χ2v) is 5.65. The van der Waals surface area contributed by atoms with Crippen LogP contribution >= 0.6 is 0 Å². The lowest BCUT2D eigenvalue weighted by Gasteiger charge is -2.12. The lowest BCUT2D eigenvalue weighted by Crippen LogP contribution is -2.44. The first-order valence-electron chi connectivity index (χ1n) is 5.94. The molecule has 0 bridgehead atoms. The van der Waals surface area contributed by atoms with Crippen LogP contribution in [0.1, 0.15) is 20.8 Å². The fourth-order valence-corrected chi connectivity index (χ4v) is 2.74. The topological polar surface area (TPSA) is 119 Å². The maximum absolute atomic E-state index is 12.1. The Balaban J connectivity index is 2.92. The Morgan fingerprint density at radius 1 is 1.53 bits per heavy atom. The number of sulfonamides is 1. The van der Waals surface area contributed by atoms with Gasteiger partial charge in [-0.25, -0.2) is 8.42 Å². The van der Waals surface area contributed by atoms with Gasteiger partial charge in [-0.15, -0.1) is 0 Å². The molecule has 1 heterocycles. The summed E-state index contributed by atoms with van der Waals surface area (Å²) in [5.74, 6) is -0.482. The van der Waals surface area contributed by atoms with E-state index < -0.39 is 22.0 Å². The Hall–Kier alpha value is -1.61. The van der Waals surface area contributed by atoms with Crippen LogP contribution in [0.15, 0.2) is 11.1 Å². The van der Waals surface area contributed by atoms with Gasteiger partial charge in [-0.05, 0) is 20.8 Å². The van der Waals surface area contributed by atoms with Gasteiger partial charge in [-0.2, -0.15) is 9.82 Å². The lowest BCUT2D eigenvalue weighted by molar-refractivity contribution is -0.122. The van der Waals surface area contributed by atoms with E-state index in [4.69, 9.17) is 5.73 Å². The van der Waals surface area contributed by atoms with Gasteiger partial charge in [0.25, 0.3) is 0 Å². The molecule has 0 saturated carbocycles. The molecule has 108 valence electrons. The Labute approximate surface area is 112 Å². The lowest BCUT2D eigenvalue weighted by atomic mass is 10.3. The van der Waals surface area contributed by atoms with Gasteiger partial charge in [0.1, 0.15) is 4.90 Å². The van der Waals surface area contributed by atoms with Crippen LogP contribution in [0.2, 0.25) is 0 Å². The second kappa shape index (κ2) is 6.02. The molecule has 1 rings (SSSR count). The molecule has 0 saturated heterocycles. The number of carbonyl (C=O) groups is 1. The molecule has 1 unspecified atom stereocenters. The van der Waals surface area contributed by atoms with Crippen molar-refractivity contribution in [1.29, 1.82) is 0 Å². The molecule has 1 aromatic rings. The number of nitrogens with one attached hydrogen (secondary N) is 2. The van der Waals surface area contributed by atoms with Crippen molar-refractivity contribution in [2.24, 2.45) is 0 Å². The minimum absolute atomic E-state index is 0.0857. The highest BCUT2D eigenvalue weighted by atomic mass is 32.2. The fourth-order valence-electron chi connectivity index (χ4n) is 1.46. The highest BCUT2D eigenvalue weighted by molar-refractivity contribution is 7.89. The van der Waals surface area contributed by atoms with Crippen LogP contribution < -0.4 is 15.8 Å². The Kier molecular flexibility index (Phi) is 4.90. The van der Waals surface area contributed by atoms with Crippen molar-refractivity contribution in [1.82, 2.24) is 19.8 Å². The SMILES string of the molecule is CCNC(=O)C(C)NS(=O)(=O)c1cn(CC)nc1N. The molecule has 0 radical (unpaired) electrons. The van der Waals surface area contributed by atoms with Gasteiger partial charge in [0.15, 0.2) is 5.82 Å². The zero-order valence-electron chi connectivity index (χ0n) is 11.2. The Morgan fingerprint density at radius 2 is 2.16 bits per heavy atom. The number of hydrogen-bond acceptors (Lipinski definition) is 5. The largest absolute Gasteiger partial charge is 0.381 e. The van der Waals surface area contributed by atoms with E-state index in [1.807, 2.05) is 6.92 Å². The predicted molar refractivity (Wildman–Crippen MR) is 70.8 cm³/mol. The molecule has 1 aromatic heterocycles. The second-order valence-electron chi connectivity index (χ2n) is 3.97. The molecule has 1 amide bonds. The van der Waals surface area contributed by atoms with E-state index in [-0.39, 0.29) is 10.7 Å². The minimum atomic E-state index is -3.86. The summed E-state index contributed by atoms with van der Waals surface area (Å²) in [5, 5.41) is 6.39. The fraction of sp³-hybridized carbons (Fsp3) is 0.600. The van der Waals surface area contributed by atoms with Gasteiger partial charge in [-0.3, -0.25) is 9.48 Å². The van der Waals surface area contributed by atoms with Crippen LogP contribution in [0, 0.1) is 0 Å². The van der Waals surface area contributed by atoms with Crippen LogP contribution in [0.5, 0.6) is 0 Å². The van der Waals surface area contributed by atoms with Crippen LogP contribution in [-0.2, 0) is 21.4 Å². The number of likely N-dealkylation sites (N-methyl/N-ethyl adjacent to an activating group) is 1. The number of rotatable bonds is 6.